The van der Waals surface area contributed by atoms with E-state index in [9.17, 15) is 0 Å². The first-order valence-electron chi connectivity index (χ1n) is 10.9. The molecule has 0 spiro atoms. The lowest BCUT2D eigenvalue weighted by atomic mass is 10.2. The van der Waals surface area contributed by atoms with E-state index >= 15 is 0 Å². The highest BCUT2D eigenvalue weighted by atomic mass is 32.3. The second-order valence-electron chi connectivity index (χ2n) is 9.00. The Kier molecular flexibility index (Phi) is 9.09. The third kappa shape index (κ3) is 6.02. The zero-order valence-corrected chi connectivity index (χ0v) is 19.0. The summed E-state index contributed by atoms with van der Waals surface area (Å²) in [6, 6.07) is 1.02. The van der Waals surface area contributed by atoms with E-state index in [0.29, 0.717) is 0 Å². The van der Waals surface area contributed by atoms with Crippen molar-refractivity contribution in [1.82, 2.24) is 0 Å². The Balaban J connectivity index is 1.69. The minimum absolute atomic E-state index is 0.254. The van der Waals surface area contributed by atoms with Crippen LogP contribution in [0.3, 0.4) is 0 Å². The summed E-state index contributed by atoms with van der Waals surface area (Å²) in [4.78, 5) is 0. The molecule has 0 radical (unpaired) electrons. The molecule has 2 fully saturated rings. The maximum Gasteiger partial charge on any atom is 0.0277 e. The fourth-order valence-electron chi connectivity index (χ4n) is 5.17. The van der Waals surface area contributed by atoms with Gasteiger partial charge in [0.1, 0.15) is 0 Å². The average Bonchev–Trinajstić information content (AvgIpc) is 3.01. The van der Waals surface area contributed by atoms with Gasteiger partial charge in [0.05, 0.1) is 0 Å². The normalized spacial score (nSPS) is 45.3. The zero-order chi connectivity index (χ0) is 19.2. The van der Waals surface area contributed by atoms with Gasteiger partial charge in [0.2, 0.25) is 0 Å². The Hall–Kier alpha value is 0.540. The van der Waals surface area contributed by atoms with Gasteiger partial charge in [-0.1, -0.05) is 26.7 Å². The van der Waals surface area contributed by atoms with Crippen LogP contribution in [0, 0.1) is 0 Å². The summed E-state index contributed by atoms with van der Waals surface area (Å²) in [6.07, 6.45) is 8.09. The number of nitrogens with two attached hydrogens (primary N) is 4. The maximum atomic E-state index is 6.25. The smallest absolute Gasteiger partial charge is 0.0277 e. The SMILES string of the molecule is CCCS1(CCCCCCS2(CCC)CC(N)C(N)C2)CC(N)C(N)C1. The van der Waals surface area contributed by atoms with Gasteiger partial charge in [-0.05, 0) is 71.7 Å². The molecular weight excluding hydrogens is 360 g/mol. The molecule has 4 nitrogen and oxygen atoms in total. The van der Waals surface area contributed by atoms with Crippen LogP contribution in [-0.4, -0.2) is 70.2 Å². The summed E-state index contributed by atoms with van der Waals surface area (Å²) in [7, 11) is -1.05. The lowest BCUT2D eigenvalue weighted by Gasteiger charge is -2.37. The van der Waals surface area contributed by atoms with Crippen LogP contribution in [0.1, 0.15) is 52.4 Å². The minimum atomic E-state index is -0.526. The highest BCUT2D eigenvalue weighted by Crippen LogP contribution is 2.55. The van der Waals surface area contributed by atoms with E-state index in [0.717, 1.165) is 0 Å². The largest absolute Gasteiger partial charge is 0.326 e. The summed E-state index contributed by atoms with van der Waals surface area (Å²) in [6.45, 7) is 4.63. The molecule has 2 aliphatic heterocycles. The van der Waals surface area contributed by atoms with Gasteiger partial charge in [0.25, 0.3) is 0 Å². The fourth-order valence-corrected chi connectivity index (χ4v) is 14.8. The van der Waals surface area contributed by atoms with Crippen LogP contribution in [0.15, 0.2) is 0 Å². The van der Waals surface area contributed by atoms with Crippen molar-refractivity contribution in [2.75, 3.05) is 46.0 Å². The molecule has 0 saturated carbocycles. The summed E-state index contributed by atoms with van der Waals surface area (Å²) in [5, 5.41) is 0. The predicted octanol–water partition coefficient (Wildman–Crippen LogP) is 2.31. The molecule has 2 rings (SSSR count). The molecule has 4 atom stereocenters. The fraction of sp³-hybridized carbons (Fsp3) is 1.00. The van der Waals surface area contributed by atoms with Crippen molar-refractivity contribution in [3.8, 4) is 0 Å². The van der Waals surface area contributed by atoms with Crippen LogP contribution >= 0.6 is 20.1 Å². The third-order valence-electron chi connectivity index (χ3n) is 6.46. The first-order valence-corrected chi connectivity index (χ1v) is 15.5. The first-order chi connectivity index (χ1) is 12.4. The van der Waals surface area contributed by atoms with E-state index in [-0.39, 0.29) is 24.2 Å². The molecule has 0 bridgehead atoms. The van der Waals surface area contributed by atoms with Gasteiger partial charge in [-0.25, -0.2) is 20.1 Å². The first kappa shape index (κ1) is 22.8. The van der Waals surface area contributed by atoms with Crippen molar-refractivity contribution in [2.45, 2.75) is 76.5 Å². The summed E-state index contributed by atoms with van der Waals surface area (Å²) < 4.78 is 0. The second-order valence-corrected chi connectivity index (χ2v) is 16.9. The number of unbranched alkanes of at least 4 members (excludes halogenated alkanes) is 3. The van der Waals surface area contributed by atoms with E-state index in [2.05, 4.69) is 13.8 Å². The minimum Gasteiger partial charge on any atom is -0.326 e. The molecule has 2 saturated heterocycles. The van der Waals surface area contributed by atoms with Crippen molar-refractivity contribution in [3.05, 3.63) is 0 Å². The van der Waals surface area contributed by atoms with Crippen LogP contribution in [0.25, 0.3) is 0 Å². The van der Waals surface area contributed by atoms with Gasteiger partial charge in [-0.2, -0.15) is 0 Å². The molecule has 158 valence electrons. The van der Waals surface area contributed by atoms with E-state index in [1.807, 2.05) is 0 Å². The molecule has 8 N–H and O–H groups in total. The lowest BCUT2D eigenvalue weighted by Crippen LogP contribution is -2.39. The van der Waals surface area contributed by atoms with Crippen LogP contribution in [0.4, 0.5) is 0 Å². The predicted molar refractivity (Wildman–Crippen MR) is 125 cm³/mol. The molecule has 0 aliphatic carbocycles. The molecule has 2 heterocycles. The molecule has 6 heteroatoms. The molecule has 2 aliphatic rings. The number of hydrogen-bond donors (Lipinski definition) is 4. The van der Waals surface area contributed by atoms with Crippen molar-refractivity contribution in [1.29, 1.82) is 0 Å². The average molecular weight is 407 g/mol. The molecule has 4 unspecified atom stereocenters. The standard InChI is InChI=1S/C20H46N4S2/c1-3-9-25(13-17(21)18(22)14-25)11-7-5-6-8-12-26(10-4-2)15-19(23)20(24)16-26/h17-20H,3-16,21-24H2,1-2H3. The molecule has 26 heavy (non-hydrogen) atoms. The molecular formula is C20H46N4S2. The van der Waals surface area contributed by atoms with E-state index < -0.39 is 20.1 Å². The van der Waals surface area contributed by atoms with Crippen molar-refractivity contribution >= 4 is 20.1 Å². The van der Waals surface area contributed by atoms with Crippen LogP contribution < -0.4 is 22.9 Å². The quantitative estimate of drug-likeness (QED) is 0.395. The van der Waals surface area contributed by atoms with Crippen LogP contribution in [0.2, 0.25) is 0 Å². The second kappa shape index (κ2) is 10.4. The van der Waals surface area contributed by atoms with Gasteiger partial charge in [-0.3, -0.25) is 0 Å². The molecule has 0 aromatic carbocycles. The Morgan fingerprint density at radius 1 is 0.538 bits per heavy atom. The Morgan fingerprint density at radius 2 is 0.846 bits per heavy atom. The molecule has 0 aromatic rings. The lowest BCUT2D eigenvalue weighted by molar-refractivity contribution is 0.642. The van der Waals surface area contributed by atoms with E-state index in [1.54, 1.807) is 0 Å². The summed E-state index contributed by atoms with van der Waals surface area (Å²) in [5.41, 5.74) is 25.0. The van der Waals surface area contributed by atoms with Gasteiger partial charge >= 0.3 is 0 Å². The van der Waals surface area contributed by atoms with Crippen molar-refractivity contribution < 1.29 is 0 Å². The number of hydrogen-bond acceptors (Lipinski definition) is 4. The topological polar surface area (TPSA) is 104 Å². The monoisotopic (exact) mass is 406 g/mol. The van der Waals surface area contributed by atoms with Crippen molar-refractivity contribution in [2.24, 2.45) is 22.9 Å². The summed E-state index contributed by atoms with van der Waals surface area (Å²) in [5.74, 6) is 10.5. The highest BCUT2D eigenvalue weighted by Gasteiger charge is 2.38. The van der Waals surface area contributed by atoms with Crippen molar-refractivity contribution in [3.63, 3.8) is 0 Å². The highest BCUT2D eigenvalue weighted by molar-refractivity contribution is 8.34. The van der Waals surface area contributed by atoms with Gasteiger partial charge in [0, 0.05) is 24.2 Å². The molecule has 0 aromatic heterocycles. The Labute approximate surface area is 165 Å². The van der Waals surface area contributed by atoms with E-state index in [4.69, 9.17) is 22.9 Å². The van der Waals surface area contributed by atoms with E-state index in [1.165, 1.54) is 84.5 Å². The summed E-state index contributed by atoms with van der Waals surface area (Å²) >= 11 is 0. The van der Waals surface area contributed by atoms with Gasteiger partial charge in [0.15, 0.2) is 0 Å². The van der Waals surface area contributed by atoms with Gasteiger partial charge < -0.3 is 22.9 Å². The maximum absolute atomic E-state index is 6.25. The zero-order valence-electron chi connectivity index (χ0n) is 17.3. The Morgan fingerprint density at radius 3 is 1.12 bits per heavy atom. The Bertz CT molecular complexity index is 363. The van der Waals surface area contributed by atoms with Crippen LogP contribution in [-0.2, 0) is 0 Å². The number of rotatable bonds is 11. The van der Waals surface area contributed by atoms with Gasteiger partial charge in [-0.15, -0.1) is 0 Å². The third-order valence-corrected chi connectivity index (χ3v) is 15.7. The van der Waals surface area contributed by atoms with Crippen LogP contribution in [0.5, 0.6) is 0 Å². The molecule has 0 amide bonds.